The van der Waals surface area contributed by atoms with Crippen LogP contribution in [0.15, 0.2) is 48.1 Å². The number of hydrogen-bond donors (Lipinski definition) is 2. The van der Waals surface area contributed by atoms with E-state index in [-0.39, 0.29) is 11.8 Å². The highest BCUT2D eigenvalue weighted by molar-refractivity contribution is 7.12. The fraction of sp³-hybridized carbons (Fsp3) is 0.188. The average molecular weight is 356 g/mol. The summed E-state index contributed by atoms with van der Waals surface area (Å²) in [6, 6.07) is 10.8. The van der Waals surface area contributed by atoms with Gasteiger partial charge >= 0.3 is 0 Å². The van der Waals surface area contributed by atoms with Gasteiger partial charge in [-0.3, -0.25) is 9.59 Å². The molecule has 25 heavy (non-hydrogen) atoms. The highest BCUT2D eigenvalue weighted by atomic mass is 32.1. The van der Waals surface area contributed by atoms with Crippen LogP contribution in [0.2, 0.25) is 0 Å². The lowest BCUT2D eigenvalue weighted by atomic mass is 10.2. The van der Waals surface area contributed by atoms with Crippen LogP contribution in [-0.4, -0.2) is 38.6 Å². The maximum Gasteiger partial charge on any atom is 0.261 e. The van der Waals surface area contributed by atoms with Gasteiger partial charge < -0.3 is 10.6 Å². The van der Waals surface area contributed by atoms with Crippen LogP contribution in [0.1, 0.15) is 22.5 Å². The summed E-state index contributed by atoms with van der Waals surface area (Å²) in [7, 11) is 0. The molecule has 128 valence electrons. The number of nitrogens with zero attached hydrogens (tertiary/aromatic N) is 4. The Kier molecular flexibility index (Phi) is 5.47. The van der Waals surface area contributed by atoms with Crippen molar-refractivity contribution in [2.24, 2.45) is 0 Å². The first-order valence-corrected chi connectivity index (χ1v) is 8.55. The van der Waals surface area contributed by atoms with Gasteiger partial charge in [0, 0.05) is 18.7 Å². The lowest BCUT2D eigenvalue weighted by molar-refractivity contribution is -0.116. The monoisotopic (exact) mass is 356 g/mol. The number of anilines is 1. The Labute approximate surface area is 147 Å². The molecule has 0 aliphatic heterocycles. The van der Waals surface area contributed by atoms with E-state index in [0.717, 1.165) is 5.69 Å². The summed E-state index contributed by atoms with van der Waals surface area (Å²) in [5.41, 5.74) is 1.50. The van der Waals surface area contributed by atoms with Gasteiger partial charge in [0.2, 0.25) is 5.91 Å². The number of nitrogens with one attached hydrogen (secondary N) is 2. The molecule has 2 amide bonds. The molecule has 1 aromatic carbocycles. The Morgan fingerprint density at radius 1 is 1.16 bits per heavy atom. The van der Waals surface area contributed by atoms with Crippen molar-refractivity contribution in [1.82, 2.24) is 25.5 Å². The van der Waals surface area contributed by atoms with Crippen LogP contribution in [0.3, 0.4) is 0 Å². The zero-order chi connectivity index (χ0) is 17.5. The molecule has 0 saturated heterocycles. The molecule has 2 aromatic heterocycles. The second-order valence-corrected chi connectivity index (χ2v) is 6.13. The molecule has 0 aliphatic carbocycles. The van der Waals surface area contributed by atoms with Crippen molar-refractivity contribution in [2.75, 3.05) is 11.9 Å². The van der Waals surface area contributed by atoms with E-state index in [4.69, 9.17) is 0 Å². The third-order valence-electron chi connectivity index (χ3n) is 3.38. The third-order valence-corrected chi connectivity index (χ3v) is 4.24. The summed E-state index contributed by atoms with van der Waals surface area (Å²) >= 11 is 1.39. The summed E-state index contributed by atoms with van der Waals surface area (Å²) in [4.78, 5) is 24.4. The van der Waals surface area contributed by atoms with Crippen LogP contribution in [0.5, 0.6) is 0 Å². The predicted octanol–water partition coefficient (Wildman–Crippen LogP) is 1.87. The second-order valence-electron chi connectivity index (χ2n) is 5.19. The van der Waals surface area contributed by atoms with Gasteiger partial charge in [-0.15, -0.1) is 16.4 Å². The van der Waals surface area contributed by atoms with Crippen molar-refractivity contribution in [3.05, 3.63) is 53.0 Å². The summed E-state index contributed by atoms with van der Waals surface area (Å²) in [6.45, 7) is 0.461. The number of carbonyl (C=O) groups is 2. The van der Waals surface area contributed by atoms with Gasteiger partial charge in [0.15, 0.2) is 0 Å². The SMILES string of the molecule is O=C(CCCNC(=O)c1cccs1)Nc1ccc(-n2cnnn2)cc1. The van der Waals surface area contributed by atoms with E-state index in [2.05, 4.69) is 26.2 Å². The molecule has 9 heteroatoms. The molecule has 0 unspecified atom stereocenters. The zero-order valence-electron chi connectivity index (χ0n) is 13.3. The first-order chi connectivity index (χ1) is 12.2. The number of rotatable bonds is 7. The van der Waals surface area contributed by atoms with E-state index in [0.29, 0.717) is 30.0 Å². The van der Waals surface area contributed by atoms with Crippen LogP contribution in [0.25, 0.3) is 5.69 Å². The predicted molar refractivity (Wildman–Crippen MR) is 93.7 cm³/mol. The molecule has 2 N–H and O–H groups in total. The van der Waals surface area contributed by atoms with E-state index in [1.165, 1.54) is 22.3 Å². The lowest BCUT2D eigenvalue weighted by Crippen LogP contribution is -2.24. The standard InChI is InChI=1S/C16H16N6O2S/c23-15(4-1-9-17-16(24)14-3-2-10-25-14)19-12-5-7-13(8-6-12)22-11-18-20-21-22/h2-3,5-8,10-11H,1,4,9H2,(H,17,24)(H,19,23). The molecule has 0 atom stereocenters. The van der Waals surface area contributed by atoms with E-state index in [9.17, 15) is 9.59 Å². The van der Waals surface area contributed by atoms with E-state index < -0.39 is 0 Å². The van der Waals surface area contributed by atoms with Crippen LogP contribution in [-0.2, 0) is 4.79 Å². The molecule has 8 nitrogen and oxygen atoms in total. The van der Waals surface area contributed by atoms with Gasteiger partial charge in [-0.1, -0.05) is 6.07 Å². The number of tetrazole rings is 1. The quantitative estimate of drug-likeness (QED) is 0.629. The normalized spacial score (nSPS) is 10.4. The Balaban J connectivity index is 1.40. The van der Waals surface area contributed by atoms with Gasteiger partial charge in [-0.2, -0.15) is 0 Å². The average Bonchev–Trinajstić information content (AvgIpc) is 3.32. The summed E-state index contributed by atoms with van der Waals surface area (Å²) < 4.78 is 1.53. The van der Waals surface area contributed by atoms with E-state index in [1.54, 1.807) is 18.2 Å². The summed E-state index contributed by atoms with van der Waals surface area (Å²) in [5, 5.41) is 18.4. The van der Waals surface area contributed by atoms with Crippen LogP contribution in [0, 0.1) is 0 Å². The number of thiophene rings is 1. The second kappa shape index (κ2) is 8.15. The third kappa shape index (κ3) is 4.70. The Morgan fingerprint density at radius 2 is 2.00 bits per heavy atom. The number of amides is 2. The van der Waals surface area contributed by atoms with Gasteiger partial charge in [-0.05, 0) is 52.6 Å². The van der Waals surface area contributed by atoms with Crippen molar-refractivity contribution < 1.29 is 9.59 Å². The van der Waals surface area contributed by atoms with Crippen molar-refractivity contribution in [2.45, 2.75) is 12.8 Å². The summed E-state index contributed by atoms with van der Waals surface area (Å²) in [6.07, 6.45) is 2.41. The molecular weight excluding hydrogens is 340 g/mol. The van der Waals surface area contributed by atoms with Gasteiger partial charge in [-0.25, -0.2) is 4.68 Å². The highest BCUT2D eigenvalue weighted by Gasteiger charge is 2.07. The van der Waals surface area contributed by atoms with Crippen LogP contribution >= 0.6 is 11.3 Å². The topological polar surface area (TPSA) is 102 Å². The molecule has 0 bridgehead atoms. The number of carbonyl (C=O) groups excluding carboxylic acids is 2. The fourth-order valence-corrected chi connectivity index (χ4v) is 2.79. The fourth-order valence-electron chi connectivity index (χ4n) is 2.15. The number of hydrogen-bond acceptors (Lipinski definition) is 6. The van der Waals surface area contributed by atoms with Crippen molar-refractivity contribution in [3.63, 3.8) is 0 Å². The van der Waals surface area contributed by atoms with Gasteiger partial charge in [0.05, 0.1) is 10.6 Å². The first-order valence-electron chi connectivity index (χ1n) is 7.67. The minimum Gasteiger partial charge on any atom is -0.351 e. The molecule has 2 heterocycles. The minimum absolute atomic E-state index is 0.0967. The Morgan fingerprint density at radius 3 is 2.68 bits per heavy atom. The molecule has 3 rings (SSSR count). The van der Waals surface area contributed by atoms with Crippen molar-refractivity contribution in [1.29, 1.82) is 0 Å². The van der Waals surface area contributed by atoms with E-state index >= 15 is 0 Å². The van der Waals surface area contributed by atoms with Crippen molar-refractivity contribution >= 4 is 28.8 Å². The summed E-state index contributed by atoms with van der Waals surface area (Å²) in [5.74, 6) is -0.200. The lowest BCUT2D eigenvalue weighted by Gasteiger charge is -2.07. The first kappa shape index (κ1) is 16.8. The maximum atomic E-state index is 11.9. The molecule has 0 saturated carbocycles. The highest BCUT2D eigenvalue weighted by Crippen LogP contribution is 2.12. The molecule has 0 spiro atoms. The minimum atomic E-state index is -0.103. The van der Waals surface area contributed by atoms with Crippen LogP contribution < -0.4 is 10.6 Å². The molecule has 0 radical (unpaired) electrons. The molecule has 3 aromatic rings. The van der Waals surface area contributed by atoms with Crippen LogP contribution in [0.4, 0.5) is 5.69 Å². The Bertz CT molecular complexity index is 815. The largest absolute Gasteiger partial charge is 0.351 e. The molecule has 0 aliphatic rings. The van der Waals surface area contributed by atoms with Gasteiger partial charge in [0.25, 0.3) is 5.91 Å². The van der Waals surface area contributed by atoms with E-state index in [1.807, 2.05) is 23.6 Å². The zero-order valence-corrected chi connectivity index (χ0v) is 14.1. The Hall–Kier alpha value is -3.07. The smallest absolute Gasteiger partial charge is 0.261 e. The maximum absolute atomic E-state index is 11.9. The molecular formula is C16H16N6O2S. The number of aromatic nitrogens is 4. The number of benzene rings is 1. The van der Waals surface area contributed by atoms with Gasteiger partial charge in [0.1, 0.15) is 6.33 Å². The van der Waals surface area contributed by atoms with Crippen molar-refractivity contribution in [3.8, 4) is 5.69 Å². The molecule has 0 fully saturated rings.